The van der Waals surface area contributed by atoms with Gasteiger partial charge in [-0.1, -0.05) is 6.07 Å². The van der Waals surface area contributed by atoms with Crippen LogP contribution in [0, 0.1) is 0 Å². The van der Waals surface area contributed by atoms with E-state index in [0.717, 1.165) is 0 Å². The fourth-order valence-electron chi connectivity index (χ4n) is 1.96. The fraction of sp³-hybridized carbons (Fsp3) is 0.333. The molecular formula is C12H13BrN2O4. The normalized spacial score (nSPS) is 22.2. The van der Waals surface area contributed by atoms with Crippen LogP contribution in [0.5, 0.6) is 0 Å². The van der Waals surface area contributed by atoms with Crippen LogP contribution < -0.4 is 10.6 Å². The lowest BCUT2D eigenvalue weighted by atomic mass is 10.1. The van der Waals surface area contributed by atoms with E-state index in [1.54, 1.807) is 12.1 Å². The molecule has 1 aromatic rings. The van der Waals surface area contributed by atoms with Crippen LogP contribution in [0.2, 0.25) is 0 Å². The maximum atomic E-state index is 12.0. The van der Waals surface area contributed by atoms with Crippen molar-refractivity contribution in [2.45, 2.75) is 18.6 Å². The van der Waals surface area contributed by atoms with Gasteiger partial charge in [0.15, 0.2) is 0 Å². The minimum atomic E-state index is -1.11. The number of hydrogen-bond acceptors (Lipinski definition) is 4. The molecule has 2 atom stereocenters. The smallest absolute Gasteiger partial charge is 0.337 e. The first-order valence-corrected chi connectivity index (χ1v) is 6.52. The molecule has 2 rings (SSSR count). The largest absolute Gasteiger partial charge is 0.478 e. The summed E-state index contributed by atoms with van der Waals surface area (Å²) in [5.41, 5.74) is 0.240. The van der Waals surface area contributed by atoms with Gasteiger partial charge in [0, 0.05) is 11.0 Å². The van der Waals surface area contributed by atoms with Gasteiger partial charge in [0.05, 0.1) is 23.4 Å². The number of carboxylic acid groups (broad SMARTS) is 1. The lowest BCUT2D eigenvalue weighted by Crippen LogP contribution is -2.36. The molecular weight excluding hydrogens is 316 g/mol. The molecule has 4 N–H and O–H groups in total. The van der Waals surface area contributed by atoms with Gasteiger partial charge in [-0.3, -0.25) is 4.79 Å². The first kappa shape index (κ1) is 14.0. The highest BCUT2D eigenvalue weighted by Crippen LogP contribution is 2.27. The maximum Gasteiger partial charge on any atom is 0.337 e. The zero-order valence-corrected chi connectivity index (χ0v) is 11.5. The number of amides is 1. The number of nitrogens with one attached hydrogen (secondary N) is 2. The molecule has 0 aromatic heterocycles. The standard InChI is InChI=1S/C12H13BrN2O4/c13-8-3-1-2-7(12(18)19)10(8)15-11(17)9-4-6(16)5-14-9/h1-3,6,9,14,16H,4-5H2,(H,15,17)(H,18,19). The average Bonchev–Trinajstić information content (AvgIpc) is 2.78. The highest BCUT2D eigenvalue weighted by atomic mass is 79.9. The summed E-state index contributed by atoms with van der Waals surface area (Å²) in [5, 5.41) is 23.9. The Bertz CT molecular complexity index is 520. The summed E-state index contributed by atoms with van der Waals surface area (Å²) in [7, 11) is 0. The van der Waals surface area contributed by atoms with Crippen LogP contribution in [-0.4, -0.2) is 40.8 Å². The molecule has 1 aliphatic heterocycles. The van der Waals surface area contributed by atoms with Crippen molar-refractivity contribution in [1.82, 2.24) is 5.32 Å². The highest BCUT2D eigenvalue weighted by Gasteiger charge is 2.29. The van der Waals surface area contributed by atoms with Crippen molar-refractivity contribution >= 4 is 33.5 Å². The molecule has 7 heteroatoms. The van der Waals surface area contributed by atoms with Crippen molar-refractivity contribution in [3.05, 3.63) is 28.2 Å². The predicted octanol–water partition coefficient (Wildman–Crippen LogP) is 0.809. The minimum Gasteiger partial charge on any atom is -0.478 e. The Morgan fingerprint density at radius 2 is 2.16 bits per heavy atom. The van der Waals surface area contributed by atoms with Gasteiger partial charge in [0.2, 0.25) is 5.91 Å². The molecule has 0 bridgehead atoms. The molecule has 2 unspecified atom stereocenters. The second-order valence-corrected chi connectivity index (χ2v) is 5.16. The summed E-state index contributed by atoms with van der Waals surface area (Å²) in [5.74, 6) is -1.47. The SMILES string of the molecule is O=C(O)c1cccc(Br)c1NC(=O)C1CC(O)CN1. The molecule has 19 heavy (non-hydrogen) atoms. The zero-order chi connectivity index (χ0) is 14.0. The number of β-amino-alcohol motifs (C(OH)–C–C–N with tert-alkyl or cyclic N) is 1. The van der Waals surface area contributed by atoms with Crippen molar-refractivity contribution in [3.8, 4) is 0 Å². The monoisotopic (exact) mass is 328 g/mol. The summed E-state index contributed by atoms with van der Waals surface area (Å²) in [6.45, 7) is 0.361. The molecule has 0 saturated carbocycles. The number of benzene rings is 1. The average molecular weight is 329 g/mol. The van der Waals surface area contributed by atoms with Crippen LogP contribution in [0.1, 0.15) is 16.8 Å². The number of aliphatic hydroxyl groups is 1. The van der Waals surface area contributed by atoms with E-state index in [1.165, 1.54) is 6.07 Å². The van der Waals surface area contributed by atoms with E-state index in [0.29, 0.717) is 17.4 Å². The van der Waals surface area contributed by atoms with Gasteiger partial charge in [-0.15, -0.1) is 0 Å². The van der Waals surface area contributed by atoms with Crippen LogP contribution >= 0.6 is 15.9 Å². The number of halogens is 1. The number of aliphatic hydroxyl groups excluding tert-OH is 1. The molecule has 0 aliphatic carbocycles. The molecule has 0 spiro atoms. The lowest BCUT2D eigenvalue weighted by Gasteiger charge is -2.14. The Kier molecular flexibility index (Phi) is 4.18. The van der Waals surface area contributed by atoms with E-state index in [1.807, 2.05) is 0 Å². The minimum absolute atomic E-state index is 0.0151. The van der Waals surface area contributed by atoms with Crippen molar-refractivity contribution in [2.24, 2.45) is 0 Å². The topological polar surface area (TPSA) is 98.7 Å². The van der Waals surface area contributed by atoms with E-state index >= 15 is 0 Å². The van der Waals surface area contributed by atoms with Crippen LogP contribution in [0.3, 0.4) is 0 Å². The number of aromatic carboxylic acids is 1. The molecule has 1 aliphatic rings. The Morgan fingerprint density at radius 3 is 2.74 bits per heavy atom. The predicted molar refractivity (Wildman–Crippen MR) is 72.1 cm³/mol. The van der Waals surface area contributed by atoms with E-state index in [4.69, 9.17) is 5.11 Å². The van der Waals surface area contributed by atoms with Gasteiger partial charge < -0.3 is 20.8 Å². The summed E-state index contributed by atoms with van der Waals surface area (Å²) in [4.78, 5) is 23.1. The summed E-state index contributed by atoms with van der Waals surface area (Å²) in [6, 6.07) is 4.14. The van der Waals surface area contributed by atoms with Crippen molar-refractivity contribution in [3.63, 3.8) is 0 Å². The Hall–Kier alpha value is -1.44. The van der Waals surface area contributed by atoms with Crippen molar-refractivity contribution in [1.29, 1.82) is 0 Å². The number of carbonyl (C=O) groups excluding carboxylic acids is 1. The van der Waals surface area contributed by atoms with Crippen LogP contribution in [0.25, 0.3) is 0 Å². The molecule has 1 aromatic carbocycles. The summed E-state index contributed by atoms with van der Waals surface area (Å²) < 4.78 is 0.499. The van der Waals surface area contributed by atoms with Gasteiger partial charge in [0.25, 0.3) is 0 Å². The van der Waals surface area contributed by atoms with Gasteiger partial charge in [-0.2, -0.15) is 0 Å². The third-order valence-corrected chi connectivity index (χ3v) is 3.58. The van der Waals surface area contributed by atoms with Crippen LogP contribution in [0.15, 0.2) is 22.7 Å². The third kappa shape index (κ3) is 3.12. The number of para-hydroxylation sites is 1. The van der Waals surface area contributed by atoms with Crippen LogP contribution in [0.4, 0.5) is 5.69 Å². The lowest BCUT2D eigenvalue weighted by molar-refractivity contribution is -0.117. The highest BCUT2D eigenvalue weighted by molar-refractivity contribution is 9.10. The quantitative estimate of drug-likeness (QED) is 0.658. The van der Waals surface area contributed by atoms with Gasteiger partial charge >= 0.3 is 5.97 Å². The van der Waals surface area contributed by atoms with Crippen molar-refractivity contribution in [2.75, 3.05) is 11.9 Å². The molecule has 0 radical (unpaired) electrons. The van der Waals surface area contributed by atoms with E-state index in [-0.39, 0.29) is 17.2 Å². The molecule has 1 amide bonds. The number of hydrogen-bond donors (Lipinski definition) is 4. The zero-order valence-electron chi connectivity index (χ0n) is 9.89. The summed E-state index contributed by atoms with van der Waals surface area (Å²) in [6.07, 6.45) is -0.229. The van der Waals surface area contributed by atoms with Crippen LogP contribution in [-0.2, 0) is 4.79 Å². The second-order valence-electron chi connectivity index (χ2n) is 4.31. The maximum absolute atomic E-state index is 12.0. The Morgan fingerprint density at radius 1 is 1.42 bits per heavy atom. The van der Waals surface area contributed by atoms with Gasteiger partial charge in [-0.25, -0.2) is 4.79 Å². The fourth-order valence-corrected chi connectivity index (χ4v) is 2.42. The number of carboxylic acids is 1. The number of carbonyl (C=O) groups is 2. The number of anilines is 1. The van der Waals surface area contributed by atoms with E-state index in [9.17, 15) is 14.7 Å². The third-order valence-electron chi connectivity index (χ3n) is 2.92. The second kappa shape index (κ2) is 5.68. The molecule has 6 nitrogen and oxygen atoms in total. The van der Waals surface area contributed by atoms with E-state index in [2.05, 4.69) is 26.6 Å². The van der Waals surface area contributed by atoms with Gasteiger partial charge in [-0.05, 0) is 34.5 Å². The molecule has 1 heterocycles. The first-order chi connectivity index (χ1) is 8.99. The Balaban J connectivity index is 2.19. The molecule has 1 saturated heterocycles. The molecule has 102 valence electrons. The first-order valence-electron chi connectivity index (χ1n) is 5.73. The van der Waals surface area contributed by atoms with Crippen molar-refractivity contribution < 1.29 is 19.8 Å². The van der Waals surface area contributed by atoms with Gasteiger partial charge in [0.1, 0.15) is 0 Å². The van der Waals surface area contributed by atoms with E-state index < -0.39 is 18.1 Å². The Labute approximate surface area is 117 Å². The summed E-state index contributed by atoms with van der Waals surface area (Å²) >= 11 is 3.22. The number of rotatable bonds is 3. The molecule has 1 fully saturated rings.